The largest absolute Gasteiger partial charge is 0.467 e. The molecule has 0 saturated carbocycles. The molecule has 8 heteroatoms. The molecule has 5 aromatic rings. The Morgan fingerprint density at radius 1 is 0.971 bits per heavy atom. The number of aryl methyl sites for hydroxylation is 2. The minimum atomic E-state index is -0.0829. The van der Waals surface area contributed by atoms with Gasteiger partial charge in [-0.2, -0.15) is 0 Å². The van der Waals surface area contributed by atoms with Crippen LogP contribution in [0.1, 0.15) is 33.8 Å². The van der Waals surface area contributed by atoms with Crippen LogP contribution in [0.4, 0.5) is 0 Å². The summed E-state index contributed by atoms with van der Waals surface area (Å²) in [6, 6.07) is 20.2. The Morgan fingerprint density at radius 3 is 2.59 bits per heavy atom. The zero-order valence-corrected chi connectivity index (χ0v) is 19.2. The number of benzene rings is 2. The third-order valence-corrected chi connectivity index (χ3v) is 5.85. The fraction of sp³-hybridized carbons (Fsp3) is 0.231. The highest BCUT2D eigenvalue weighted by Gasteiger charge is 2.16. The minimum Gasteiger partial charge on any atom is -0.467 e. The molecule has 8 nitrogen and oxygen atoms in total. The van der Waals surface area contributed by atoms with E-state index in [9.17, 15) is 4.79 Å². The fourth-order valence-corrected chi connectivity index (χ4v) is 4.06. The third-order valence-electron chi connectivity index (χ3n) is 5.85. The standard InChI is InChI=1S/C26H26N6O2/c1-18-5-8-20(9-6-18)14-31(17-25-28-29-30-32(25)16-23-4-3-11-34-23)15-22-13-21-12-19(2)7-10-24(21)27-26(22)33/h3-13H,14-17H2,1-2H3,(H,27,33). The molecule has 0 saturated heterocycles. The molecule has 172 valence electrons. The Morgan fingerprint density at radius 2 is 1.79 bits per heavy atom. The Balaban J connectivity index is 1.45. The SMILES string of the molecule is Cc1ccc(CN(Cc2cc3cc(C)ccc3[nH]c2=O)Cc2nnnn2Cc2ccco2)cc1. The normalized spacial score (nSPS) is 11.5. The van der Waals surface area contributed by atoms with Gasteiger partial charge in [0, 0.05) is 24.2 Å². The van der Waals surface area contributed by atoms with E-state index >= 15 is 0 Å². The number of aromatic amines is 1. The minimum absolute atomic E-state index is 0.0829. The molecule has 1 N–H and O–H groups in total. The van der Waals surface area contributed by atoms with Crippen molar-refractivity contribution in [3.8, 4) is 0 Å². The molecule has 0 amide bonds. The molecular weight excluding hydrogens is 428 g/mol. The Hall–Kier alpha value is -4.04. The summed E-state index contributed by atoms with van der Waals surface area (Å²) < 4.78 is 7.19. The van der Waals surface area contributed by atoms with Gasteiger partial charge in [0.2, 0.25) is 0 Å². The van der Waals surface area contributed by atoms with Gasteiger partial charge in [-0.3, -0.25) is 9.69 Å². The van der Waals surface area contributed by atoms with Crippen LogP contribution in [0.5, 0.6) is 0 Å². The summed E-state index contributed by atoms with van der Waals surface area (Å²) in [6.45, 7) is 6.16. The third kappa shape index (κ3) is 4.97. The first-order valence-electron chi connectivity index (χ1n) is 11.2. The van der Waals surface area contributed by atoms with Gasteiger partial charge in [-0.05, 0) is 65.6 Å². The summed E-state index contributed by atoms with van der Waals surface area (Å²) in [6.07, 6.45) is 1.64. The van der Waals surface area contributed by atoms with E-state index in [1.807, 2.05) is 37.3 Å². The van der Waals surface area contributed by atoms with Crippen molar-refractivity contribution in [2.24, 2.45) is 0 Å². The molecule has 0 atom stereocenters. The van der Waals surface area contributed by atoms with Crippen LogP contribution in [-0.2, 0) is 26.2 Å². The van der Waals surface area contributed by atoms with Crippen molar-refractivity contribution in [2.45, 2.75) is 40.0 Å². The Labute approximate surface area is 196 Å². The molecule has 5 rings (SSSR count). The monoisotopic (exact) mass is 454 g/mol. The lowest BCUT2D eigenvalue weighted by atomic mass is 10.1. The lowest BCUT2D eigenvalue weighted by Crippen LogP contribution is -2.28. The average molecular weight is 455 g/mol. The van der Waals surface area contributed by atoms with Crippen LogP contribution in [0.3, 0.4) is 0 Å². The molecule has 3 aromatic heterocycles. The lowest BCUT2D eigenvalue weighted by Gasteiger charge is -2.22. The molecule has 0 bridgehead atoms. The van der Waals surface area contributed by atoms with Gasteiger partial charge in [-0.1, -0.05) is 41.5 Å². The predicted octanol–water partition coefficient (Wildman–Crippen LogP) is 3.98. The number of H-pyrrole nitrogens is 1. The smallest absolute Gasteiger partial charge is 0.252 e. The number of aromatic nitrogens is 5. The van der Waals surface area contributed by atoms with Crippen molar-refractivity contribution < 1.29 is 4.42 Å². The van der Waals surface area contributed by atoms with Crippen molar-refractivity contribution >= 4 is 10.9 Å². The molecule has 34 heavy (non-hydrogen) atoms. The van der Waals surface area contributed by atoms with E-state index in [2.05, 4.69) is 62.7 Å². The van der Waals surface area contributed by atoms with E-state index in [-0.39, 0.29) is 5.56 Å². The summed E-state index contributed by atoms with van der Waals surface area (Å²) >= 11 is 0. The van der Waals surface area contributed by atoms with Crippen LogP contribution in [0.2, 0.25) is 0 Å². The fourth-order valence-electron chi connectivity index (χ4n) is 4.06. The van der Waals surface area contributed by atoms with Gasteiger partial charge < -0.3 is 9.40 Å². The highest BCUT2D eigenvalue weighted by Crippen LogP contribution is 2.17. The van der Waals surface area contributed by atoms with Crippen molar-refractivity contribution in [3.05, 3.63) is 111 Å². The first kappa shape index (κ1) is 21.8. The van der Waals surface area contributed by atoms with Crippen molar-refractivity contribution in [1.29, 1.82) is 0 Å². The topological polar surface area (TPSA) is 92.8 Å². The number of hydrogen-bond acceptors (Lipinski definition) is 6. The second kappa shape index (κ2) is 9.44. The van der Waals surface area contributed by atoms with E-state index < -0.39 is 0 Å². The number of furan rings is 1. The number of rotatable bonds is 8. The van der Waals surface area contributed by atoms with Crippen molar-refractivity contribution in [1.82, 2.24) is 30.1 Å². The lowest BCUT2D eigenvalue weighted by molar-refractivity contribution is 0.235. The Bertz CT molecular complexity index is 1450. The van der Waals surface area contributed by atoms with Gasteiger partial charge >= 0.3 is 0 Å². The van der Waals surface area contributed by atoms with E-state index in [4.69, 9.17) is 4.42 Å². The zero-order valence-electron chi connectivity index (χ0n) is 19.2. The number of nitrogens with one attached hydrogen (secondary N) is 1. The first-order valence-corrected chi connectivity index (χ1v) is 11.2. The summed E-state index contributed by atoms with van der Waals surface area (Å²) in [5.74, 6) is 1.48. The number of tetrazole rings is 1. The van der Waals surface area contributed by atoms with E-state index in [1.165, 1.54) is 5.56 Å². The summed E-state index contributed by atoms with van der Waals surface area (Å²) in [5.41, 5.74) is 4.98. The first-order chi connectivity index (χ1) is 16.5. The Kier molecular flexibility index (Phi) is 6.05. The maximum absolute atomic E-state index is 12.9. The van der Waals surface area contributed by atoms with Gasteiger partial charge in [0.1, 0.15) is 12.3 Å². The van der Waals surface area contributed by atoms with Gasteiger partial charge in [-0.25, -0.2) is 4.68 Å². The molecule has 0 aliphatic carbocycles. The summed E-state index contributed by atoms with van der Waals surface area (Å²) in [5, 5.41) is 13.3. The van der Waals surface area contributed by atoms with Crippen LogP contribution in [-0.4, -0.2) is 30.1 Å². The van der Waals surface area contributed by atoms with Gasteiger partial charge in [0.25, 0.3) is 5.56 Å². The summed E-state index contributed by atoms with van der Waals surface area (Å²) in [4.78, 5) is 18.1. The summed E-state index contributed by atoms with van der Waals surface area (Å²) in [7, 11) is 0. The average Bonchev–Trinajstić information content (AvgIpc) is 3.49. The zero-order chi connectivity index (χ0) is 23.5. The second-order valence-corrected chi connectivity index (χ2v) is 8.68. The van der Waals surface area contributed by atoms with Crippen LogP contribution in [0.25, 0.3) is 10.9 Å². The van der Waals surface area contributed by atoms with Gasteiger partial charge in [-0.15, -0.1) is 5.10 Å². The predicted molar refractivity (Wildman–Crippen MR) is 129 cm³/mol. The molecule has 0 fully saturated rings. The van der Waals surface area contributed by atoms with E-state index in [1.54, 1.807) is 10.9 Å². The van der Waals surface area contributed by atoms with Crippen molar-refractivity contribution in [2.75, 3.05) is 0 Å². The molecule has 0 spiro atoms. The van der Waals surface area contributed by atoms with Crippen LogP contribution in [0, 0.1) is 13.8 Å². The molecule has 3 heterocycles. The number of pyridine rings is 1. The van der Waals surface area contributed by atoms with Gasteiger partial charge in [0.15, 0.2) is 5.82 Å². The highest BCUT2D eigenvalue weighted by molar-refractivity contribution is 5.79. The second-order valence-electron chi connectivity index (χ2n) is 8.68. The van der Waals surface area contributed by atoms with Crippen LogP contribution >= 0.6 is 0 Å². The maximum Gasteiger partial charge on any atom is 0.252 e. The quantitative estimate of drug-likeness (QED) is 0.381. The molecule has 0 aliphatic rings. The van der Waals surface area contributed by atoms with Crippen molar-refractivity contribution in [3.63, 3.8) is 0 Å². The molecule has 0 aliphatic heterocycles. The number of hydrogen-bond donors (Lipinski definition) is 1. The highest BCUT2D eigenvalue weighted by atomic mass is 16.3. The van der Waals surface area contributed by atoms with Gasteiger partial charge in [0.05, 0.1) is 12.8 Å². The number of fused-ring (bicyclic) bond motifs is 1. The molecule has 0 unspecified atom stereocenters. The number of nitrogens with zero attached hydrogens (tertiary/aromatic N) is 5. The van der Waals surface area contributed by atoms with Crippen LogP contribution < -0.4 is 5.56 Å². The van der Waals surface area contributed by atoms with E-state index in [0.717, 1.165) is 27.8 Å². The molecule has 0 radical (unpaired) electrons. The molecule has 2 aromatic carbocycles. The maximum atomic E-state index is 12.9. The molecular formula is C26H26N6O2. The van der Waals surface area contributed by atoms with Crippen LogP contribution in [0.15, 0.2) is 76.1 Å². The van der Waals surface area contributed by atoms with E-state index in [0.29, 0.717) is 37.6 Å².